The van der Waals surface area contributed by atoms with Crippen molar-refractivity contribution < 1.29 is 4.79 Å². The first-order valence-electron chi connectivity index (χ1n) is 3.82. The predicted molar refractivity (Wildman–Crippen MR) is 53.9 cm³/mol. The van der Waals surface area contributed by atoms with Crippen molar-refractivity contribution in [2.24, 2.45) is 0 Å². The van der Waals surface area contributed by atoms with E-state index in [2.05, 4.69) is 26.1 Å². The van der Waals surface area contributed by atoms with Crippen molar-refractivity contribution in [2.45, 2.75) is 6.92 Å². The molecule has 1 N–H and O–H groups in total. The maximum absolute atomic E-state index is 10.7. The van der Waals surface area contributed by atoms with E-state index in [0.29, 0.717) is 5.56 Å². The zero-order valence-corrected chi connectivity index (χ0v) is 8.55. The van der Waals surface area contributed by atoms with Gasteiger partial charge in [0.1, 0.15) is 5.52 Å². The van der Waals surface area contributed by atoms with Crippen LogP contribution in [0.25, 0.3) is 10.9 Å². The van der Waals surface area contributed by atoms with Crippen molar-refractivity contribution in [1.82, 2.24) is 10.2 Å². The highest BCUT2D eigenvalue weighted by Crippen LogP contribution is 2.26. The fraction of sp³-hybridized carbons (Fsp3) is 0.111. The Morgan fingerprint density at radius 3 is 3.00 bits per heavy atom. The number of benzene rings is 1. The van der Waals surface area contributed by atoms with Gasteiger partial charge in [-0.25, -0.2) is 0 Å². The highest BCUT2D eigenvalue weighted by atomic mass is 79.9. The highest BCUT2D eigenvalue weighted by Gasteiger charge is 2.08. The number of halogens is 1. The molecule has 0 radical (unpaired) electrons. The first-order chi connectivity index (χ1) is 6.24. The van der Waals surface area contributed by atoms with Gasteiger partial charge in [0.25, 0.3) is 0 Å². The molecule has 0 saturated heterocycles. The van der Waals surface area contributed by atoms with Crippen LogP contribution in [0.5, 0.6) is 0 Å². The molecule has 3 nitrogen and oxygen atoms in total. The molecule has 0 spiro atoms. The number of aldehydes is 1. The van der Waals surface area contributed by atoms with Crippen LogP contribution in [0.15, 0.2) is 16.6 Å². The van der Waals surface area contributed by atoms with Crippen LogP contribution >= 0.6 is 15.9 Å². The summed E-state index contributed by atoms with van der Waals surface area (Å²) in [6.07, 6.45) is 0.845. The molecule has 2 aromatic rings. The number of aromatic nitrogens is 2. The number of carbonyl (C=O) groups is 1. The summed E-state index contributed by atoms with van der Waals surface area (Å²) in [5.41, 5.74) is 2.39. The lowest BCUT2D eigenvalue weighted by atomic mass is 10.1. The third-order valence-electron chi connectivity index (χ3n) is 2.00. The van der Waals surface area contributed by atoms with Crippen molar-refractivity contribution >= 4 is 33.1 Å². The first kappa shape index (κ1) is 8.44. The number of carbonyl (C=O) groups excluding carboxylic acids is 1. The van der Waals surface area contributed by atoms with Gasteiger partial charge in [-0.15, -0.1) is 0 Å². The van der Waals surface area contributed by atoms with Crippen molar-refractivity contribution in [2.75, 3.05) is 0 Å². The summed E-state index contributed by atoms with van der Waals surface area (Å²) in [4.78, 5) is 10.7. The second kappa shape index (κ2) is 2.96. The molecule has 0 saturated carbocycles. The Balaban J connectivity index is 2.96. The lowest BCUT2D eigenvalue weighted by Crippen LogP contribution is -1.83. The number of hydrogen-bond acceptors (Lipinski definition) is 2. The maximum Gasteiger partial charge on any atom is 0.150 e. The van der Waals surface area contributed by atoms with Gasteiger partial charge in [-0.3, -0.25) is 9.89 Å². The molecule has 13 heavy (non-hydrogen) atoms. The van der Waals surface area contributed by atoms with E-state index in [1.54, 1.807) is 6.07 Å². The molecule has 0 atom stereocenters. The maximum atomic E-state index is 10.7. The molecule has 0 aliphatic heterocycles. The monoisotopic (exact) mass is 238 g/mol. The second-order valence-electron chi connectivity index (χ2n) is 2.83. The molecule has 1 aromatic heterocycles. The summed E-state index contributed by atoms with van der Waals surface area (Å²) in [6, 6.07) is 3.61. The van der Waals surface area contributed by atoms with Gasteiger partial charge in [-0.2, -0.15) is 5.10 Å². The molecule has 1 heterocycles. The highest BCUT2D eigenvalue weighted by molar-refractivity contribution is 9.10. The molecule has 1 aromatic carbocycles. The number of rotatable bonds is 1. The summed E-state index contributed by atoms with van der Waals surface area (Å²) < 4.78 is 0.900. The van der Waals surface area contributed by atoms with Crippen LogP contribution in [0.1, 0.15) is 16.1 Å². The van der Waals surface area contributed by atoms with E-state index < -0.39 is 0 Å². The first-order valence-corrected chi connectivity index (χ1v) is 4.61. The summed E-state index contributed by atoms with van der Waals surface area (Å²) in [6.45, 7) is 1.90. The smallest absolute Gasteiger partial charge is 0.150 e. The van der Waals surface area contributed by atoms with Crippen LogP contribution in [0.2, 0.25) is 0 Å². The third-order valence-corrected chi connectivity index (χ3v) is 2.64. The molecule has 2 rings (SSSR count). The minimum absolute atomic E-state index is 0.671. The predicted octanol–water partition coefficient (Wildman–Crippen LogP) is 2.45. The van der Waals surface area contributed by atoms with Crippen LogP contribution in [-0.2, 0) is 0 Å². The summed E-state index contributed by atoms with van der Waals surface area (Å²) in [5.74, 6) is 0. The fourth-order valence-corrected chi connectivity index (χ4v) is 1.80. The number of nitrogens with zero attached hydrogens (tertiary/aromatic N) is 1. The van der Waals surface area contributed by atoms with Crippen molar-refractivity contribution in [1.29, 1.82) is 0 Å². The van der Waals surface area contributed by atoms with E-state index in [-0.39, 0.29) is 0 Å². The number of aryl methyl sites for hydroxylation is 1. The normalized spacial score (nSPS) is 10.6. The Morgan fingerprint density at radius 2 is 2.31 bits per heavy atom. The average Bonchev–Trinajstić information content (AvgIpc) is 2.51. The minimum atomic E-state index is 0.671. The van der Waals surface area contributed by atoms with Gasteiger partial charge in [0.2, 0.25) is 0 Å². The zero-order chi connectivity index (χ0) is 9.42. The summed E-state index contributed by atoms with van der Waals surface area (Å²) >= 11 is 3.38. The number of fused-ring (bicyclic) bond motifs is 1. The Hall–Kier alpha value is -1.16. The van der Waals surface area contributed by atoms with Crippen molar-refractivity contribution in [3.63, 3.8) is 0 Å². The van der Waals surface area contributed by atoms with E-state index in [1.807, 2.05) is 13.0 Å². The Bertz CT molecular complexity index is 476. The van der Waals surface area contributed by atoms with Crippen LogP contribution in [0.4, 0.5) is 0 Å². The molecular weight excluding hydrogens is 232 g/mol. The van der Waals surface area contributed by atoms with Gasteiger partial charge in [-0.05, 0) is 35.0 Å². The Labute approximate surface area is 83.3 Å². The fourth-order valence-electron chi connectivity index (χ4n) is 1.38. The van der Waals surface area contributed by atoms with Gasteiger partial charge < -0.3 is 0 Å². The van der Waals surface area contributed by atoms with Gasteiger partial charge in [0, 0.05) is 21.1 Å². The summed E-state index contributed by atoms with van der Waals surface area (Å²) in [5, 5.41) is 7.84. The molecule has 66 valence electrons. The van der Waals surface area contributed by atoms with Crippen molar-refractivity contribution in [3.8, 4) is 0 Å². The van der Waals surface area contributed by atoms with Crippen molar-refractivity contribution in [3.05, 3.63) is 27.9 Å². The SMILES string of the molecule is Cc1[nH]nc2c(Br)ccc(C=O)c12. The Morgan fingerprint density at radius 1 is 1.54 bits per heavy atom. The van der Waals surface area contributed by atoms with E-state index >= 15 is 0 Å². The molecule has 0 aliphatic rings. The molecule has 0 fully saturated rings. The zero-order valence-electron chi connectivity index (χ0n) is 6.97. The third kappa shape index (κ3) is 1.18. The van der Waals surface area contributed by atoms with Crippen LogP contribution in [-0.4, -0.2) is 16.5 Å². The number of H-pyrrole nitrogens is 1. The van der Waals surface area contributed by atoms with Crippen LogP contribution in [0, 0.1) is 6.92 Å². The second-order valence-corrected chi connectivity index (χ2v) is 3.68. The summed E-state index contributed by atoms with van der Waals surface area (Å²) in [7, 11) is 0. The molecular formula is C9H7BrN2O. The van der Waals surface area contributed by atoms with Gasteiger partial charge in [-0.1, -0.05) is 0 Å². The molecule has 0 aliphatic carbocycles. The van der Waals surface area contributed by atoms with Crippen LogP contribution < -0.4 is 0 Å². The minimum Gasteiger partial charge on any atom is -0.298 e. The molecule has 4 heteroatoms. The van der Waals surface area contributed by atoms with Crippen LogP contribution in [0.3, 0.4) is 0 Å². The number of hydrogen-bond donors (Lipinski definition) is 1. The average molecular weight is 239 g/mol. The van der Waals surface area contributed by atoms with Gasteiger partial charge in [0.15, 0.2) is 6.29 Å². The topological polar surface area (TPSA) is 45.8 Å². The van der Waals surface area contributed by atoms with E-state index in [0.717, 1.165) is 27.4 Å². The van der Waals surface area contributed by atoms with Gasteiger partial charge in [0.05, 0.1) is 0 Å². The largest absolute Gasteiger partial charge is 0.298 e. The number of aromatic amines is 1. The lowest BCUT2D eigenvalue weighted by molar-refractivity contribution is 0.112. The molecule has 0 unspecified atom stereocenters. The molecule has 0 bridgehead atoms. The quantitative estimate of drug-likeness (QED) is 0.777. The van der Waals surface area contributed by atoms with Gasteiger partial charge >= 0.3 is 0 Å². The Kier molecular flexibility index (Phi) is 1.92. The standard InChI is InChI=1S/C9H7BrN2O/c1-5-8-6(4-13)2-3-7(10)9(8)12-11-5/h2-4H,1H3,(H,11,12). The lowest BCUT2D eigenvalue weighted by Gasteiger charge is -1.96. The van der Waals surface area contributed by atoms with E-state index in [1.165, 1.54) is 0 Å². The molecule has 0 amide bonds. The number of nitrogens with one attached hydrogen (secondary N) is 1. The van der Waals surface area contributed by atoms with E-state index in [4.69, 9.17) is 0 Å². The van der Waals surface area contributed by atoms with E-state index in [9.17, 15) is 4.79 Å².